The lowest BCUT2D eigenvalue weighted by Gasteiger charge is -2.20. The minimum Gasteiger partial charge on any atom is -0.490 e. The molecule has 0 radical (unpaired) electrons. The number of ether oxygens (including phenoxy) is 1. The van der Waals surface area contributed by atoms with Gasteiger partial charge in [-0.1, -0.05) is 0 Å². The van der Waals surface area contributed by atoms with Crippen LogP contribution in [0, 0.1) is 0 Å². The molecule has 0 fully saturated rings. The molecule has 86 valence electrons. The Morgan fingerprint density at radius 2 is 2.27 bits per heavy atom. The topological polar surface area (TPSA) is 63.4 Å². The largest absolute Gasteiger partial charge is 0.490 e. The highest BCUT2D eigenvalue weighted by Crippen LogP contribution is 2.34. The quantitative estimate of drug-likeness (QED) is 0.793. The van der Waals surface area contributed by atoms with Crippen LogP contribution in [0.4, 0.5) is 10.8 Å². The van der Waals surface area contributed by atoms with Gasteiger partial charge in [-0.2, -0.15) is 4.37 Å². The summed E-state index contributed by atoms with van der Waals surface area (Å²) in [5, 5.41) is 4.17. The summed E-state index contributed by atoms with van der Waals surface area (Å²) >= 11 is 1.32. The van der Waals surface area contributed by atoms with E-state index in [1.54, 1.807) is 7.11 Å². The predicted molar refractivity (Wildman–Crippen MR) is 64.7 cm³/mol. The molecule has 0 aliphatic rings. The molecule has 0 aliphatic heterocycles. The Morgan fingerprint density at radius 1 is 1.60 bits per heavy atom. The molecule has 1 aromatic rings. The van der Waals surface area contributed by atoms with Gasteiger partial charge in [0.1, 0.15) is 0 Å². The molecule has 0 saturated heterocycles. The standard InChI is InChI=1S/C9H18N4OS/c1-6(13(2)3)5-11-9-7(14-4)8(10)12-15-9/h6,11H,5H2,1-4H3,(H2,10,12). The maximum Gasteiger partial charge on any atom is 0.197 e. The van der Waals surface area contributed by atoms with Gasteiger partial charge in [-0.25, -0.2) is 0 Å². The number of nitrogens with zero attached hydrogens (tertiary/aromatic N) is 2. The van der Waals surface area contributed by atoms with Crippen LogP contribution in [-0.4, -0.2) is 43.1 Å². The predicted octanol–water partition coefficient (Wildman–Crippen LogP) is 1.10. The Kier molecular flexibility index (Phi) is 4.16. The third-order valence-electron chi connectivity index (χ3n) is 2.32. The molecule has 1 heterocycles. The summed E-state index contributed by atoms with van der Waals surface area (Å²) in [4.78, 5) is 2.14. The van der Waals surface area contributed by atoms with Crippen LogP contribution < -0.4 is 15.8 Å². The number of aromatic nitrogens is 1. The number of likely N-dealkylation sites (N-methyl/N-ethyl adjacent to an activating group) is 1. The zero-order valence-electron chi connectivity index (χ0n) is 9.57. The first-order valence-electron chi connectivity index (χ1n) is 4.75. The summed E-state index contributed by atoms with van der Waals surface area (Å²) in [6.07, 6.45) is 0. The molecule has 5 nitrogen and oxygen atoms in total. The lowest BCUT2D eigenvalue weighted by molar-refractivity contribution is 0.326. The Morgan fingerprint density at radius 3 is 2.80 bits per heavy atom. The van der Waals surface area contributed by atoms with Crippen LogP contribution in [0.3, 0.4) is 0 Å². The van der Waals surface area contributed by atoms with Gasteiger partial charge in [0.2, 0.25) is 0 Å². The average Bonchev–Trinajstić information content (AvgIpc) is 2.55. The SMILES string of the molecule is COc1c(N)nsc1NCC(C)N(C)C. The molecule has 1 unspecified atom stereocenters. The maximum absolute atomic E-state index is 5.64. The van der Waals surface area contributed by atoms with E-state index in [2.05, 4.69) is 21.5 Å². The zero-order chi connectivity index (χ0) is 11.4. The number of nitrogens with one attached hydrogen (secondary N) is 1. The molecule has 0 bridgehead atoms. The normalized spacial score (nSPS) is 12.9. The van der Waals surface area contributed by atoms with Crippen LogP contribution in [0.25, 0.3) is 0 Å². The van der Waals surface area contributed by atoms with Crippen LogP contribution >= 0.6 is 11.5 Å². The maximum atomic E-state index is 5.64. The fraction of sp³-hybridized carbons (Fsp3) is 0.667. The van der Waals surface area contributed by atoms with Gasteiger partial charge in [0.15, 0.2) is 16.6 Å². The molecule has 0 saturated carbocycles. The molecule has 1 aromatic heterocycles. The summed E-state index contributed by atoms with van der Waals surface area (Å²) in [5.41, 5.74) is 5.64. The van der Waals surface area contributed by atoms with Crippen molar-refractivity contribution in [3.05, 3.63) is 0 Å². The number of hydrogen-bond acceptors (Lipinski definition) is 6. The van der Waals surface area contributed by atoms with Gasteiger partial charge < -0.3 is 20.7 Å². The fourth-order valence-corrected chi connectivity index (χ4v) is 1.72. The van der Waals surface area contributed by atoms with Gasteiger partial charge in [-0.05, 0) is 32.6 Å². The smallest absolute Gasteiger partial charge is 0.197 e. The van der Waals surface area contributed by atoms with Gasteiger partial charge in [-0.3, -0.25) is 0 Å². The Bertz CT molecular complexity index is 313. The van der Waals surface area contributed by atoms with Crippen LogP contribution in [0.5, 0.6) is 5.75 Å². The molecule has 0 aliphatic carbocycles. The van der Waals surface area contributed by atoms with E-state index in [0.717, 1.165) is 11.5 Å². The van der Waals surface area contributed by atoms with Crippen LogP contribution in [0.2, 0.25) is 0 Å². The van der Waals surface area contributed by atoms with Crippen LogP contribution in [-0.2, 0) is 0 Å². The number of anilines is 2. The molecule has 6 heteroatoms. The summed E-state index contributed by atoms with van der Waals surface area (Å²) < 4.78 is 9.18. The van der Waals surface area contributed by atoms with E-state index >= 15 is 0 Å². The molecule has 3 N–H and O–H groups in total. The Hall–Kier alpha value is -1.01. The molecule has 0 aromatic carbocycles. The second-order valence-corrected chi connectivity index (χ2v) is 4.40. The average molecular weight is 230 g/mol. The zero-order valence-corrected chi connectivity index (χ0v) is 10.4. The molecular formula is C9H18N4OS. The van der Waals surface area contributed by atoms with E-state index < -0.39 is 0 Å². The fourth-order valence-electron chi connectivity index (χ4n) is 1.03. The number of nitrogens with two attached hydrogens (primary N) is 1. The van der Waals surface area contributed by atoms with Gasteiger partial charge in [-0.15, -0.1) is 0 Å². The minimum atomic E-state index is 0.443. The van der Waals surface area contributed by atoms with Crippen molar-refractivity contribution in [2.75, 3.05) is 38.8 Å². The second-order valence-electron chi connectivity index (χ2n) is 3.62. The van der Waals surface area contributed by atoms with Crippen molar-refractivity contribution in [2.45, 2.75) is 13.0 Å². The minimum absolute atomic E-state index is 0.443. The first-order valence-corrected chi connectivity index (χ1v) is 5.53. The molecular weight excluding hydrogens is 212 g/mol. The third kappa shape index (κ3) is 2.97. The first-order chi connectivity index (χ1) is 7.06. The van der Waals surface area contributed by atoms with Crippen molar-refractivity contribution in [1.82, 2.24) is 9.27 Å². The number of methoxy groups -OCH3 is 1. The lowest BCUT2D eigenvalue weighted by atomic mass is 10.3. The molecule has 0 spiro atoms. The highest BCUT2D eigenvalue weighted by molar-refractivity contribution is 7.11. The molecule has 0 amide bonds. The summed E-state index contributed by atoms with van der Waals surface area (Å²) in [7, 11) is 5.69. The van der Waals surface area contributed by atoms with E-state index in [1.165, 1.54) is 11.5 Å². The first kappa shape index (κ1) is 12.1. The van der Waals surface area contributed by atoms with Gasteiger partial charge in [0.05, 0.1) is 7.11 Å². The molecule has 1 rings (SSSR count). The van der Waals surface area contributed by atoms with E-state index in [9.17, 15) is 0 Å². The third-order valence-corrected chi connectivity index (χ3v) is 3.12. The van der Waals surface area contributed by atoms with E-state index in [1.807, 2.05) is 14.1 Å². The van der Waals surface area contributed by atoms with Crippen molar-refractivity contribution >= 4 is 22.4 Å². The van der Waals surface area contributed by atoms with Crippen molar-refractivity contribution < 1.29 is 4.74 Å². The molecule has 1 atom stereocenters. The van der Waals surface area contributed by atoms with Crippen LogP contribution in [0.1, 0.15) is 6.92 Å². The van der Waals surface area contributed by atoms with E-state index in [4.69, 9.17) is 10.5 Å². The lowest BCUT2D eigenvalue weighted by Crippen LogP contribution is -2.31. The summed E-state index contributed by atoms with van der Waals surface area (Å²) in [5.74, 6) is 1.09. The number of rotatable bonds is 5. The van der Waals surface area contributed by atoms with Gasteiger partial charge in [0.25, 0.3) is 0 Å². The van der Waals surface area contributed by atoms with Crippen molar-refractivity contribution in [1.29, 1.82) is 0 Å². The van der Waals surface area contributed by atoms with Crippen molar-refractivity contribution in [3.8, 4) is 5.75 Å². The van der Waals surface area contributed by atoms with Crippen molar-refractivity contribution in [3.63, 3.8) is 0 Å². The second kappa shape index (κ2) is 5.18. The highest BCUT2D eigenvalue weighted by atomic mass is 32.1. The van der Waals surface area contributed by atoms with Crippen molar-refractivity contribution in [2.24, 2.45) is 0 Å². The monoisotopic (exact) mass is 230 g/mol. The highest BCUT2D eigenvalue weighted by Gasteiger charge is 2.12. The van der Waals surface area contributed by atoms with Gasteiger partial charge >= 0.3 is 0 Å². The Balaban J connectivity index is 2.57. The van der Waals surface area contributed by atoms with Crippen LogP contribution in [0.15, 0.2) is 0 Å². The molecule has 15 heavy (non-hydrogen) atoms. The number of nitrogen functional groups attached to an aromatic ring is 1. The van der Waals surface area contributed by atoms with E-state index in [0.29, 0.717) is 17.6 Å². The number of hydrogen-bond donors (Lipinski definition) is 2. The van der Waals surface area contributed by atoms with Gasteiger partial charge in [0, 0.05) is 12.6 Å². The summed E-state index contributed by atoms with van der Waals surface area (Å²) in [6.45, 7) is 2.98. The Labute approximate surface area is 94.4 Å². The summed E-state index contributed by atoms with van der Waals surface area (Å²) in [6, 6.07) is 0.443. The van der Waals surface area contributed by atoms with E-state index in [-0.39, 0.29) is 0 Å².